The molecule has 7 heteroatoms. The van der Waals surface area contributed by atoms with Crippen LogP contribution < -0.4 is 5.32 Å². The SMILES string of the molecule is Cc1cnc2c(c1)c1cc(CCNC(=O)c3ccccc3)ccc1n2S(=O)(=O)c1ccccc1. The quantitative estimate of drug-likeness (QED) is 0.391. The summed E-state index contributed by atoms with van der Waals surface area (Å²) in [5.41, 5.74) is 3.55. The van der Waals surface area contributed by atoms with Crippen LogP contribution in [0.2, 0.25) is 0 Å². The number of carbonyl (C=O) groups excluding carboxylic acids is 1. The number of aryl methyl sites for hydroxylation is 1. The Morgan fingerprint density at radius 1 is 0.912 bits per heavy atom. The first-order chi connectivity index (χ1) is 16.4. The van der Waals surface area contributed by atoms with Crippen molar-refractivity contribution in [2.75, 3.05) is 6.54 Å². The van der Waals surface area contributed by atoms with E-state index in [0.29, 0.717) is 29.7 Å². The number of aromatic nitrogens is 2. The van der Waals surface area contributed by atoms with E-state index in [0.717, 1.165) is 21.9 Å². The van der Waals surface area contributed by atoms with Crippen molar-refractivity contribution in [2.45, 2.75) is 18.2 Å². The van der Waals surface area contributed by atoms with E-state index in [2.05, 4.69) is 10.3 Å². The first kappa shape index (κ1) is 21.9. The Hall–Kier alpha value is -3.97. The van der Waals surface area contributed by atoms with E-state index >= 15 is 0 Å². The van der Waals surface area contributed by atoms with Crippen molar-refractivity contribution < 1.29 is 13.2 Å². The molecule has 0 unspecified atom stereocenters. The first-order valence-electron chi connectivity index (χ1n) is 11.0. The molecule has 0 bridgehead atoms. The molecule has 0 fully saturated rings. The Bertz CT molecular complexity index is 1610. The molecule has 0 aliphatic rings. The molecule has 0 atom stereocenters. The number of amides is 1. The third-order valence-electron chi connectivity index (χ3n) is 5.78. The number of carbonyl (C=O) groups is 1. The van der Waals surface area contributed by atoms with Gasteiger partial charge in [0.1, 0.15) is 0 Å². The van der Waals surface area contributed by atoms with Crippen LogP contribution in [0.25, 0.3) is 21.9 Å². The lowest BCUT2D eigenvalue weighted by atomic mass is 10.1. The number of nitrogens with one attached hydrogen (secondary N) is 1. The first-order valence-corrected chi connectivity index (χ1v) is 12.4. The van der Waals surface area contributed by atoms with Crippen LogP contribution in [0.1, 0.15) is 21.5 Å². The van der Waals surface area contributed by atoms with E-state index < -0.39 is 10.0 Å². The molecule has 2 aromatic heterocycles. The zero-order chi connectivity index (χ0) is 23.7. The number of nitrogens with zero attached hydrogens (tertiary/aromatic N) is 2. The predicted octanol–water partition coefficient (Wildman–Crippen LogP) is 4.71. The van der Waals surface area contributed by atoms with E-state index in [1.807, 2.05) is 49.4 Å². The second-order valence-electron chi connectivity index (χ2n) is 8.19. The maximum atomic E-state index is 13.5. The molecule has 2 heterocycles. The van der Waals surface area contributed by atoms with Crippen LogP contribution in [0.4, 0.5) is 0 Å². The van der Waals surface area contributed by atoms with Gasteiger partial charge >= 0.3 is 0 Å². The van der Waals surface area contributed by atoms with Gasteiger partial charge in [-0.25, -0.2) is 17.4 Å². The molecule has 0 radical (unpaired) electrons. The van der Waals surface area contributed by atoms with E-state index in [9.17, 15) is 13.2 Å². The van der Waals surface area contributed by atoms with Crippen LogP contribution in [0.15, 0.2) is 96.0 Å². The average Bonchev–Trinajstić information content (AvgIpc) is 3.18. The van der Waals surface area contributed by atoms with Crippen molar-refractivity contribution >= 4 is 37.9 Å². The van der Waals surface area contributed by atoms with Gasteiger partial charge in [0.25, 0.3) is 15.9 Å². The van der Waals surface area contributed by atoms with Crippen LogP contribution in [-0.2, 0) is 16.4 Å². The molecule has 5 aromatic rings. The zero-order valence-corrected chi connectivity index (χ0v) is 19.4. The Morgan fingerprint density at radius 2 is 1.62 bits per heavy atom. The number of benzene rings is 3. The molecular weight excluding hydrogens is 446 g/mol. The number of hydrogen-bond acceptors (Lipinski definition) is 4. The van der Waals surface area contributed by atoms with Crippen LogP contribution >= 0.6 is 0 Å². The molecule has 0 spiro atoms. The van der Waals surface area contributed by atoms with Crippen molar-refractivity contribution in [1.82, 2.24) is 14.3 Å². The predicted molar refractivity (Wildman–Crippen MR) is 133 cm³/mol. The lowest BCUT2D eigenvalue weighted by molar-refractivity contribution is 0.0954. The van der Waals surface area contributed by atoms with Gasteiger partial charge in [0.15, 0.2) is 5.65 Å². The van der Waals surface area contributed by atoms with Gasteiger partial charge in [0.05, 0.1) is 10.4 Å². The standard InChI is InChI=1S/C27H23N3O3S/c1-19-16-24-23-17-20(14-15-28-27(31)21-8-4-2-5-9-21)12-13-25(23)30(26(24)29-18-19)34(32,33)22-10-6-3-7-11-22/h2-13,16-18H,14-15H2,1H3,(H,28,31). The van der Waals surface area contributed by atoms with Crippen molar-refractivity contribution in [3.05, 3.63) is 108 Å². The second-order valence-corrected chi connectivity index (χ2v) is 9.98. The number of rotatable bonds is 6. The normalized spacial score (nSPS) is 11.7. The zero-order valence-electron chi connectivity index (χ0n) is 18.6. The molecule has 0 aliphatic heterocycles. The highest BCUT2D eigenvalue weighted by Gasteiger charge is 2.24. The Balaban J connectivity index is 1.52. The monoisotopic (exact) mass is 469 g/mol. The summed E-state index contributed by atoms with van der Waals surface area (Å²) in [6.45, 7) is 2.40. The van der Waals surface area contributed by atoms with Gasteiger partial charge < -0.3 is 5.32 Å². The largest absolute Gasteiger partial charge is 0.352 e. The molecular formula is C27H23N3O3S. The molecule has 0 aliphatic carbocycles. The van der Waals surface area contributed by atoms with Crippen molar-refractivity contribution in [3.63, 3.8) is 0 Å². The lowest BCUT2D eigenvalue weighted by Gasteiger charge is -2.09. The highest BCUT2D eigenvalue weighted by atomic mass is 32.2. The van der Waals surface area contributed by atoms with Gasteiger partial charge in [-0.3, -0.25) is 4.79 Å². The maximum Gasteiger partial charge on any atom is 0.269 e. The maximum absolute atomic E-state index is 13.5. The Labute approximate surface area is 197 Å². The van der Waals surface area contributed by atoms with Crippen molar-refractivity contribution in [1.29, 1.82) is 0 Å². The van der Waals surface area contributed by atoms with Gasteiger partial charge in [-0.15, -0.1) is 0 Å². The molecule has 34 heavy (non-hydrogen) atoms. The topological polar surface area (TPSA) is 81.1 Å². The minimum absolute atomic E-state index is 0.118. The highest BCUT2D eigenvalue weighted by molar-refractivity contribution is 7.90. The molecule has 0 saturated heterocycles. The Kier molecular flexibility index (Phi) is 5.63. The van der Waals surface area contributed by atoms with Crippen molar-refractivity contribution in [3.8, 4) is 0 Å². The fourth-order valence-corrected chi connectivity index (χ4v) is 5.62. The van der Waals surface area contributed by atoms with Crippen LogP contribution in [-0.4, -0.2) is 29.8 Å². The minimum Gasteiger partial charge on any atom is -0.352 e. The van der Waals surface area contributed by atoms with Gasteiger partial charge in [-0.1, -0.05) is 42.5 Å². The number of fused-ring (bicyclic) bond motifs is 3. The Morgan fingerprint density at radius 3 is 2.35 bits per heavy atom. The van der Waals surface area contributed by atoms with E-state index in [4.69, 9.17) is 0 Å². The number of pyridine rings is 1. The molecule has 6 nitrogen and oxygen atoms in total. The third-order valence-corrected chi connectivity index (χ3v) is 7.50. The fraction of sp³-hybridized carbons (Fsp3) is 0.111. The summed E-state index contributed by atoms with van der Waals surface area (Å²) < 4.78 is 28.4. The molecule has 3 aromatic carbocycles. The summed E-state index contributed by atoms with van der Waals surface area (Å²) in [5.74, 6) is -0.118. The van der Waals surface area contributed by atoms with Crippen LogP contribution in [0, 0.1) is 6.92 Å². The molecule has 5 rings (SSSR count). The third kappa shape index (κ3) is 3.95. The average molecular weight is 470 g/mol. The van der Waals surface area contributed by atoms with Gasteiger partial charge in [-0.05, 0) is 66.9 Å². The second kappa shape index (κ2) is 8.76. The summed E-state index contributed by atoms with van der Waals surface area (Å²) in [4.78, 5) is 17.0. The van der Waals surface area contributed by atoms with Gasteiger partial charge in [0.2, 0.25) is 0 Å². The summed E-state index contributed by atoms with van der Waals surface area (Å²) in [6.07, 6.45) is 2.30. The van der Waals surface area contributed by atoms with E-state index in [1.165, 1.54) is 3.97 Å². The van der Waals surface area contributed by atoms with E-state index in [-0.39, 0.29) is 10.8 Å². The fourth-order valence-electron chi connectivity index (χ4n) is 4.12. The number of hydrogen-bond donors (Lipinski definition) is 1. The smallest absolute Gasteiger partial charge is 0.269 e. The summed E-state index contributed by atoms with van der Waals surface area (Å²) in [6, 6.07) is 25.1. The molecule has 170 valence electrons. The van der Waals surface area contributed by atoms with Crippen molar-refractivity contribution in [2.24, 2.45) is 0 Å². The molecule has 1 amide bonds. The lowest BCUT2D eigenvalue weighted by Crippen LogP contribution is -2.25. The minimum atomic E-state index is -3.84. The summed E-state index contributed by atoms with van der Waals surface area (Å²) in [5, 5.41) is 4.54. The summed E-state index contributed by atoms with van der Waals surface area (Å²) in [7, 11) is -3.84. The van der Waals surface area contributed by atoms with Crippen LogP contribution in [0.3, 0.4) is 0 Å². The highest BCUT2D eigenvalue weighted by Crippen LogP contribution is 2.32. The molecule has 0 saturated carbocycles. The van der Waals surface area contributed by atoms with E-state index in [1.54, 1.807) is 48.7 Å². The summed E-state index contributed by atoms with van der Waals surface area (Å²) >= 11 is 0. The van der Waals surface area contributed by atoms with Crippen LogP contribution in [0.5, 0.6) is 0 Å². The van der Waals surface area contributed by atoms with Gasteiger partial charge in [-0.2, -0.15) is 0 Å². The molecule has 1 N–H and O–H groups in total. The van der Waals surface area contributed by atoms with Gasteiger partial charge in [0, 0.05) is 29.1 Å².